The van der Waals surface area contributed by atoms with Crippen molar-refractivity contribution in [2.75, 3.05) is 0 Å². The average molecular weight is 307 g/mol. The quantitative estimate of drug-likeness (QED) is 0.798. The van der Waals surface area contributed by atoms with Crippen LogP contribution in [0.25, 0.3) is 0 Å². The van der Waals surface area contributed by atoms with Gasteiger partial charge in [-0.15, -0.1) is 0 Å². The molecule has 0 spiro atoms. The first-order chi connectivity index (χ1) is 10.1. The van der Waals surface area contributed by atoms with Gasteiger partial charge in [-0.1, -0.05) is 18.5 Å². The minimum Gasteiger partial charge on any atom is -0.290 e. The molecule has 0 radical (unpaired) electrons. The van der Waals surface area contributed by atoms with E-state index < -0.39 is 0 Å². The lowest BCUT2D eigenvalue weighted by molar-refractivity contribution is 0.573. The van der Waals surface area contributed by atoms with Crippen LogP contribution in [0.4, 0.5) is 0 Å². The van der Waals surface area contributed by atoms with Crippen LogP contribution in [-0.2, 0) is 19.5 Å². The molecule has 3 rings (SSSR count). The van der Waals surface area contributed by atoms with Crippen molar-refractivity contribution in [3.8, 4) is 0 Å². The Labute approximate surface area is 128 Å². The first-order valence-electron chi connectivity index (χ1n) is 7.45. The van der Waals surface area contributed by atoms with E-state index in [4.69, 9.17) is 11.6 Å². The Bertz CT molecular complexity index is 715. The van der Waals surface area contributed by atoms with E-state index in [0.717, 1.165) is 43.0 Å². The fourth-order valence-corrected chi connectivity index (χ4v) is 2.74. The van der Waals surface area contributed by atoms with Gasteiger partial charge >= 0.3 is 0 Å². The van der Waals surface area contributed by atoms with Gasteiger partial charge in [0.05, 0.1) is 17.9 Å². The highest BCUT2D eigenvalue weighted by Gasteiger charge is 2.29. The smallest absolute Gasteiger partial charge is 0.255 e. The van der Waals surface area contributed by atoms with E-state index in [2.05, 4.69) is 30.0 Å². The topological polar surface area (TPSA) is 52.7 Å². The standard InChI is InChI=1S/C15H19ClN4O/c1-3-11-7-12(20(4-2)18-11)9-19-14(21)8-13(16)17-15(19)10-5-6-10/h7-8,10H,3-6,9H2,1-2H3. The van der Waals surface area contributed by atoms with E-state index in [1.807, 2.05) is 4.68 Å². The van der Waals surface area contributed by atoms with E-state index in [1.165, 1.54) is 6.07 Å². The lowest BCUT2D eigenvalue weighted by atomic mass is 10.3. The summed E-state index contributed by atoms with van der Waals surface area (Å²) in [4.78, 5) is 16.7. The van der Waals surface area contributed by atoms with Gasteiger partial charge < -0.3 is 0 Å². The van der Waals surface area contributed by atoms with Crippen molar-refractivity contribution in [2.45, 2.75) is 52.1 Å². The van der Waals surface area contributed by atoms with Crippen LogP contribution in [0.2, 0.25) is 5.15 Å². The molecule has 1 aliphatic rings. The first-order valence-corrected chi connectivity index (χ1v) is 7.83. The third kappa shape index (κ3) is 2.88. The van der Waals surface area contributed by atoms with Crippen molar-refractivity contribution < 1.29 is 0 Å². The van der Waals surface area contributed by atoms with Gasteiger partial charge in [0, 0.05) is 18.5 Å². The van der Waals surface area contributed by atoms with Crippen LogP contribution >= 0.6 is 11.6 Å². The first kappa shape index (κ1) is 14.3. The zero-order chi connectivity index (χ0) is 15.0. The molecule has 1 fully saturated rings. The second kappa shape index (κ2) is 5.64. The largest absolute Gasteiger partial charge is 0.290 e. The molecular weight excluding hydrogens is 288 g/mol. The molecule has 0 aromatic carbocycles. The van der Waals surface area contributed by atoms with Crippen LogP contribution < -0.4 is 5.56 Å². The van der Waals surface area contributed by atoms with Crippen LogP contribution in [0.15, 0.2) is 16.9 Å². The van der Waals surface area contributed by atoms with E-state index >= 15 is 0 Å². The second-order valence-corrected chi connectivity index (χ2v) is 5.82. The molecule has 6 heteroatoms. The number of aryl methyl sites for hydroxylation is 2. The van der Waals surface area contributed by atoms with Crippen molar-refractivity contribution in [1.82, 2.24) is 19.3 Å². The SMILES string of the molecule is CCc1cc(Cn2c(C3CC3)nc(Cl)cc2=O)n(CC)n1. The molecule has 0 unspecified atom stereocenters. The van der Waals surface area contributed by atoms with Crippen molar-refractivity contribution in [1.29, 1.82) is 0 Å². The van der Waals surface area contributed by atoms with Gasteiger partial charge in [0.2, 0.25) is 0 Å². The normalized spacial score (nSPS) is 14.6. The summed E-state index contributed by atoms with van der Waals surface area (Å²) in [6.07, 6.45) is 3.06. The molecule has 0 amide bonds. The molecule has 0 bridgehead atoms. The van der Waals surface area contributed by atoms with Crippen LogP contribution in [0, 0.1) is 0 Å². The molecule has 2 aromatic heterocycles. The van der Waals surface area contributed by atoms with Gasteiger partial charge in [0.15, 0.2) is 0 Å². The summed E-state index contributed by atoms with van der Waals surface area (Å²) in [7, 11) is 0. The number of hydrogen-bond donors (Lipinski definition) is 0. The minimum atomic E-state index is -0.0844. The third-order valence-corrected chi connectivity index (χ3v) is 4.04. The molecule has 0 atom stereocenters. The summed E-state index contributed by atoms with van der Waals surface area (Å²) >= 11 is 5.94. The molecule has 112 valence electrons. The van der Waals surface area contributed by atoms with Crippen LogP contribution in [0.5, 0.6) is 0 Å². The summed E-state index contributed by atoms with van der Waals surface area (Å²) in [5.41, 5.74) is 2.01. The zero-order valence-electron chi connectivity index (χ0n) is 12.3. The highest BCUT2D eigenvalue weighted by Crippen LogP contribution is 2.38. The molecular formula is C15H19ClN4O. The van der Waals surface area contributed by atoms with Gasteiger partial charge in [0.25, 0.3) is 5.56 Å². The van der Waals surface area contributed by atoms with Crippen LogP contribution in [0.3, 0.4) is 0 Å². The number of rotatable bonds is 5. The molecule has 0 N–H and O–H groups in total. The Morgan fingerprint density at radius 2 is 2.10 bits per heavy atom. The Balaban J connectivity index is 2.01. The maximum atomic E-state index is 12.3. The number of aromatic nitrogens is 4. The zero-order valence-corrected chi connectivity index (χ0v) is 13.1. The highest BCUT2D eigenvalue weighted by molar-refractivity contribution is 6.29. The maximum Gasteiger partial charge on any atom is 0.255 e. The van der Waals surface area contributed by atoms with E-state index in [-0.39, 0.29) is 10.7 Å². The van der Waals surface area contributed by atoms with Crippen LogP contribution in [0.1, 0.15) is 49.8 Å². The summed E-state index contributed by atoms with van der Waals surface area (Å²) < 4.78 is 3.70. The van der Waals surface area contributed by atoms with E-state index in [1.54, 1.807) is 4.57 Å². The predicted molar refractivity (Wildman–Crippen MR) is 81.9 cm³/mol. The predicted octanol–water partition coefficient (Wildman–Crippen LogP) is 2.60. The fraction of sp³-hybridized carbons (Fsp3) is 0.533. The maximum absolute atomic E-state index is 12.3. The molecule has 2 aromatic rings. The minimum absolute atomic E-state index is 0.0844. The molecule has 0 aliphatic heterocycles. The van der Waals surface area contributed by atoms with Crippen molar-refractivity contribution in [3.63, 3.8) is 0 Å². The molecule has 5 nitrogen and oxygen atoms in total. The van der Waals surface area contributed by atoms with E-state index in [9.17, 15) is 4.79 Å². The third-order valence-electron chi connectivity index (χ3n) is 3.84. The summed E-state index contributed by atoms with van der Waals surface area (Å²) in [6.45, 7) is 5.44. The second-order valence-electron chi connectivity index (χ2n) is 5.43. The van der Waals surface area contributed by atoms with Gasteiger partial charge in [-0.2, -0.15) is 5.10 Å². The van der Waals surface area contributed by atoms with Crippen molar-refractivity contribution >= 4 is 11.6 Å². The summed E-state index contributed by atoms with van der Waals surface area (Å²) in [6, 6.07) is 3.46. The van der Waals surface area contributed by atoms with Gasteiger partial charge in [-0.3, -0.25) is 14.0 Å². The number of nitrogens with zero attached hydrogens (tertiary/aromatic N) is 4. The fourth-order valence-electron chi connectivity index (χ4n) is 2.56. The molecule has 1 saturated carbocycles. The lowest BCUT2D eigenvalue weighted by Gasteiger charge is -2.12. The molecule has 0 saturated heterocycles. The monoisotopic (exact) mass is 306 g/mol. The van der Waals surface area contributed by atoms with Crippen LogP contribution in [-0.4, -0.2) is 19.3 Å². The lowest BCUT2D eigenvalue weighted by Crippen LogP contribution is -2.26. The number of halogens is 1. The summed E-state index contributed by atoms with van der Waals surface area (Å²) in [5, 5.41) is 4.82. The average Bonchev–Trinajstić information content (AvgIpc) is 3.22. The molecule has 21 heavy (non-hydrogen) atoms. The Hall–Kier alpha value is -1.62. The van der Waals surface area contributed by atoms with Gasteiger partial charge in [-0.25, -0.2) is 4.98 Å². The molecule has 2 heterocycles. The van der Waals surface area contributed by atoms with Crippen molar-refractivity contribution in [3.05, 3.63) is 44.9 Å². The van der Waals surface area contributed by atoms with Crippen molar-refractivity contribution in [2.24, 2.45) is 0 Å². The molecule has 1 aliphatic carbocycles. The number of hydrogen-bond acceptors (Lipinski definition) is 3. The Morgan fingerprint density at radius 3 is 2.71 bits per heavy atom. The Kier molecular flexibility index (Phi) is 3.85. The summed E-state index contributed by atoms with van der Waals surface area (Å²) in [5.74, 6) is 1.19. The van der Waals surface area contributed by atoms with E-state index in [0.29, 0.717) is 12.5 Å². The van der Waals surface area contributed by atoms with Gasteiger partial charge in [0.1, 0.15) is 11.0 Å². The highest BCUT2D eigenvalue weighted by atomic mass is 35.5. The Morgan fingerprint density at radius 1 is 1.33 bits per heavy atom. The van der Waals surface area contributed by atoms with Gasteiger partial charge in [-0.05, 0) is 32.3 Å².